The maximum absolute atomic E-state index is 12.6. The van der Waals surface area contributed by atoms with Gasteiger partial charge in [0.05, 0.1) is 16.4 Å². The molecule has 23 heavy (non-hydrogen) atoms. The number of carbonyl (C=O) groups excluding carboxylic acids is 1. The summed E-state index contributed by atoms with van der Waals surface area (Å²) in [5, 5.41) is 2.63. The summed E-state index contributed by atoms with van der Waals surface area (Å²) in [6.07, 6.45) is 0.318. The van der Waals surface area contributed by atoms with Gasteiger partial charge in [-0.05, 0) is 24.1 Å². The second kappa shape index (κ2) is 6.58. The molecule has 1 N–H and O–H groups in total. The van der Waals surface area contributed by atoms with Crippen LogP contribution in [0.15, 0.2) is 29.2 Å². The molecule has 1 fully saturated rings. The number of rotatable bonds is 5. The van der Waals surface area contributed by atoms with Crippen molar-refractivity contribution in [3.8, 4) is 0 Å². The summed E-state index contributed by atoms with van der Waals surface area (Å²) in [5.41, 5.74) is 0.783. The van der Waals surface area contributed by atoms with Gasteiger partial charge < -0.3 is 5.32 Å². The Bertz CT molecular complexity index is 785. The minimum atomic E-state index is -3.74. The number of amides is 1. The molecule has 0 spiro atoms. The van der Waals surface area contributed by atoms with Gasteiger partial charge in [0.1, 0.15) is 0 Å². The zero-order valence-electron chi connectivity index (χ0n) is 13.0. The molecular weight excluding hydrogens is 340 g/mol. The third-order valence-electron chi connectivity index (χ3n) is 3.86. The molecular formula is C14H20N2O5S2. The highest BCUT2D eigenvalue weighted by molar-refractivity contribution is 7.92. The van der Waals surface area contributed by atoms with E-state index in [1.54, 1.807) is 12.1 Å². The van der Waals surface area contributed by atoms with Gasteiger partial charge in [0.2, 0.25) is 15.9 Å². The van der Waals surface area contributed by atoms with Crippen molar-refractivity contribution in [3.63, 3.8) is 0 Å². The van der Waals surface area contributed by atoms with Crippen LogP contribution < -0.4 is 5.32 Å². The van der Waals surface area contributed by atoms with Crippen LogP contribution in [0.3, 0.4) is 0 Å². The molecule has 0 aromatic heterocycles. The lowest BCUT2D eigenvalue weighted by Gasteiger charge is -2.22. The Balaban J connectivity index is 2.14. The first-order valence-electron chi connectivity index (χ1n) is 7.14. The van der Waals surface area contributed by atoms with Crippen molar-refractivity contribution in [1.29, 1.82) is 0 Å². The van der Waals surface area contributed by atoms with E-state index in [2.05, 4.69) is 5.32 Å². The summed E-state index contributed by atoms with van der Waals surface area (Å²) in [4.78, 5) is 11.0. The van der Waals surface area contributed by atoms with Gasteiger partial charge in [-0.3, -0.25) is 4.79 Å². The Morgan fingerprint density at radius 1 is 1.30 bits per heavy atom. The van der Waals surface area contributed by atoms with Gasteiger partial charge in [-0.25, -0.2) is 16.8 Å². The van der Waals surface area contributed by atoms with E-state index < -0.39 is 25.9 Å². The first-order valence-corrected chi connectivity index (χ1v) is 10.4. The van der Waals surface area contributed by atoms with Gasteiger partial charge in [0.15, 0.2) is 9.84 Å². The van der Waals surface area contributed by atoms with Gasteiger partial charge in [0.25, 0.3) is 0 Å². The van der Waals surface area contributed by atoms with Crippen molar-refractivity contribution >= 4 is 25.8 Å². The standard InChI is InChI=1S/C14H20N2O5S2/c1-11(17)15-9-12-3-5-14(6-4-12)23(20,21)16(2)13-7-8-22(18,19)10-13/h3-6,13H,7-10H2,1-2H3,(H,15,17)/t13-/m0/s1. The zero-order chi connectivity index (χ0) is 17.3. The molecule has 0 aliphatic carbocycles. The van der Waals surface area contributed by atoms with Gasteiger partial charge in [-0.2, -0.15) is 4.31 Å². The Morgan fingerprint density at radius 3 is 2.39 bits per heavy atom. The first kappa shape index (κ1) is 17.9. The van der Waals surface area contributed by atoms with Crippen LogP contribution in [-0.2, 0) is 31.2 Å². The molecule has 1 aromatic carbocycles. The molecule has 0 unspecified atom stereocenters. The lowest BCUT2D eigenvalue weighted by atomic mass is 10.2. The molecule has 1 amide bonds. The van der Waals surface area contributed by atoms with Crippen molar-refractivity contribution < 1.29 is 21.6 Å². The topological polar surface area (TPSA) is 101 Å². The molecule has 7 nitrogen and oxygen atoms in total. The molecule has 2 rings (SSSR count). The van der Waals surface area contributed by atoms with Crippen LogP contribution in [0.25, 0.3) is 0 Å². The Hall–Kier alpha value is -1.45. The quantitative estimate of drug-likeness (QED) is 0.804. The van der Waals surface area contributed by atoms with Crippen LogP contribution in [0.2, 0.25) is 0 Å². The lowest BCUT2D eigenvalue weighted by molar-refractivity contribution is -0.119. The van der Waals surface area contributed by atoms with E-state index in [1.807, 2.05) is 0 Å². The highest BCUT2D eigenvalue weighted by atomic mass is 32.2. The van der Waals surface area contributed by atoms with E-state index >= 15 is 0 Å². The maximum Gasteiger partial charge on any atom is 0.243 e. The monoisotopic (exact) mass is 360 g/mol. The average molecular weight is 360 g/mol. The minimum absolute atomic E-state index is 0.0210. The molecule has 1 aliphatic rings. The summed E-state index contributed by atoms with van der Waals surface area (Å²) < 4.78 is 49.3. The van der Waals surface area contributed by atoms with Crippen LogP contribution in [0.1, 0.15) is 18.9 Å². The normalized spacial score (nSPS) is 20.6. The summed E-state index contributed by atoms with van der Waals surface area (Å²) in [6.45, 7) is 1.73. The smallest absolute Gasteiger partial charge is 0.243 e. The van der Waals surface area contributed by atoms with Gasteiger partial charge in [-0.15, -0.1) is 0 Å². The fourth-order valence-electron chi connectivity index (χ4n) is 2.43. The molecule has 0 bridgehead atoms. The minimum Gasteiger partial charge on any atom is -0.352 e. The second-order valence-corrected chi connectivity index (χ2v) is 9.86. The molecule has 1 aliphatic heterocycles. The predicted molar refractivity (Wildman–Crippen MR) is 86.0 cm³/mol. The van der Waals surface area contributed by atoms with Gasteiger partial charge >= 0.3 is 0 Å². The highest BCUT2D eigenvalue weighted by Crippen LogP contribution is 2.23. The largest absolute Gasteiger partial charge is 0.352 e. The van der Waals surface area contributed by atoms with Gasteiger partial charge in [-0.1, -0.05) is 12.1 Å². The number of sulfone groups is 1. The van der Waals surface area contributed by atoms with Crippen LogP contribution in [0, 0.1) is 0 Å². The van der Waals surface area contributed by atoms with E-state index in [0.717, 1.165) is 9.87 Å². The number of hydrogen-bond donors (Lipinski definition) is 1. The summed E-state index contributed by atoms with van der Waals surface area (Å²) in [6, 6.07) is 5.66. The van der Waals surface area contributed by atoms with Crippen LogP contribution >= 0.6 is 0 Å². The zero-order valence-corrected chi connectivity index (χ0v) is 14.7. The summed E-state index contributed by atoms with van der Waals surface area (Å²) in [5.74, 6) is -0.278. The number of benzene rings is 1. The first-order chi connectivity index (χ1) is 10.6. The van der Waals surface area contributed by atoms with Crippen LogP contribution in [-0.4, -0.2) is 51.6 Å². The van der Waals surface area contributed by atoms with E-state index in [1.165, 1.54) is 26.1 Å². The maximum atomic E-state index is 12.6. The van der Waals surface area contributed by atoms with E-state index in [-0.39, 0.29) is 22.3 Å². The summed E-state index contributed by atoms with van der Waals surface area (Å²) in [7, 11) is -5.48. The average Bonchev–Trinajstić information content (AvgIpc) is 2.84. The molecule has 0 radical (unpaired) electrons. The van der Waals surface area contributed by atoms with Crippen molar-refractivity contribution in [2.75, 3.05) is 18.6 Å². The van der Waals surface area contributed by atoms with Crippen LogP contribution in [0.5, 0.6) is 0 Å². The number of hydrogen-bond acceptors (Lipinski definition) is 5. The van der Waals surface area contributed by atoms with Crippen molar-refractivity contribution in [2.24, 2.45) is 0 Å². The Kier molecular flexibility index (Phi) is 5.12. The van der Waals surface area contributed by atoms with Gasteiger partial charge in [0, 0.05) is 26.6 Å². The fraction of sp³-hybridized carbons (Fsp3) is 0.500. The molecule has 1 aromatic rings. The van der Waals surface area contributed by atoms with Crippen molar-refractivity contribution in [1.82, 2.24) is 9.62 Å². The molecule has 128 valence electrons. The molecule has 1 saturated heterocycles. The second-order valence-electron chi connectivity index (χ2n) is 5.63. The predicted octanol–water partition coefficient (Wildman–Crippen LogP) is 0.130. The number of carbonyl (C=O) groups is 1. The van der Waals surface area contributed by atoms with E-state index in [9.17, 15) is 21.6 Å². The number of nitrogens with one attached hydrogen (secondary N) is 1. The molecule has 0 saturated carbocycles. The highest BCUT2D eigenvalue weighted by Gasteiger charge is 2.36. The number of nitrogens with zero attached hydrogens (tertiary/aromatic N) is 1. The molecule has 1 heterocycles. The lowest BCUT2D eigenvalue weighted by Crippen LogP contribution is -2.37. The Labute approximate surface area is 136 Å². The summed E-state index contributed by atoms with van der Waals surface area (Å²) >= 11 is 0. The molecule has 1 atom stereocenters. The molecule has 9 heteroatoms. The van der Waals surface area contributed by atoms with Crippen molar-refractivity contribution in [3.05, 3.63) is 29.8 Å². The van der Waals surface area contributed by atoms with E-state index in [4.69, 9.17) is 0 Å². The van der Waals surface area contributed by atoms with Crippen LogP contribution in [0.4, 0.5) is 0 Å². The third-order valence-corrected chi connectivity index (χ3v) is 7.54. The van der Waals surface area contributed by atoms with Crippen molar-refractivity contribution in [2.45, 2.75) is 30.8 Å². The van der Waals surface area contributed by atoms with E-state index in [0.29, 0.717) is 13.0 Å². The number of sulfonamides is 1. The fourth-order valence-corrected chi connectivity index (χ4v) is 5.68. The third kappa shape index (κ3) is 4.30. The SMILES string of the molecule is CC(=O)NCc1ccc(S(=O)(=O)N(C)[C@H]2CCS(=O)(=O)C2)cc1. The Morgan fingerprint density at radius 2 is 1.91 bits per heavy atom.